The number of hydrogen-bond acceptors (Lipinski definition) is 8. The summed E-state index contributed by atoms with van der Waals surface area (Å²) in [5.41, 5.74) is -2.99. The molecule has 0 amide bonds. The van der Waals surface area contributed by atoms with E-state index < -0.39 is 69.2 Å². The lowest BCUT2D eigenvalue weighted by atomic mass is 9.38. The van der Waals surface area contributed by atoms with Crippen molar-refractivity contribution >= 4 is 23.3 Å². The van der Waals surface area contributed by atoms with E-state index in [9.17, 15) is 29.4 Å². The van der Waals surface area contributed by atoms with Crippen LogP contribution in [0.5, 0.6) is 0 Å². The number of rotatable bonds is 4. The molecule has 0 aromatic rings. The van der Waals surface area contributed by atoms with Gasteiger partial charge in [0.1, 0.15) is 11.9 Å². The number of esters is 1. The number of ketones is 3. The Bertz CT molecular complexity index is 1400. The molecule has 2 N–H and O–H groups in total. The highest BCUT2D eigenvalue weighted by Crippen LogP contribution is 2.71. The fourth-order valence-corrected chi connectivity index (χ4v) is 9.45. The van der Waals surface area contributed by atoms with Gasteiger partial charge in [-0.25, -0.2) is 4.79 Å². The van der Waals surface area contributed by atoms with Gasteiger partial charge in [0.25, 0.3) is 0 Å². The molecule has 0 radical (unpaired) electrons. The SMILES string of the molecule is CC=C(C)C(=O)O[C@@H]1C[C@]2(C)C(=CC[C@H]2C2=CO[C@@H](C(C)(C)O)[C@H](O)C2=O)[C@]2(C)C(=O)C[C@H]3C(C)(C)C(=O)C=C[C@]3(C)[C@@H]12. The average molecular weight is 595 g/mol. The van der Waals surface area contributed by atoms with E-state index in [4.69, 9.17) is 9.47 Å². The molecule has 234 valence electrons. The number of ether oxygens (including phenoxy) is 2. The van der Waals surface area contributed by atoms with Crippen LogP contribution in [0, 0.1) is 39.4 Å². The second kappa shape index (κ2) is 9.83. The lowest BCUT2D eigenvalue weighted by Gasteiger charge is -2.65. The first-order chi connectivity index (χ1) is 19.8. The van der Waals surface area contributed by atoms with Crippen LogP contribution in [-0.2, 0) is 28.7 Å². The molecular weight excluding hydrogens is 548 g/mol. The van der Waals surface area contributed by atoms with E-state index in [-0.39, 0.29) is 23.9 Å². The lowest BCUT2D eigenvalue weighted by Crippen LogP contribution is -2.66. The summed E-state index contributed by atoms with van der Waals surface area (Å²) in [6.07, 6.45) is 6.31. The van der Waals surface area contributed by atoms with Crippen molar-refractivity contribution in [3.05, 3.63) is 47.3 Å². The molecular formula is C35H46O8. The molecule has 8 nitrogen and oxygen atoms in total. The maximum absolute atomic E-state index is 14.5. The first-order valence-electron chi connectivity index (χ1n) is 15.4. The number of carbonyl (C=O) groups is 4. The Morgan fingerprint density at radius 3 is 2.40 bits per heavy atom. The molecule has 43 heavy (non-hydrogen) atoms. The van der Waals surface area contributed by atoms with E-state index in [1.54, 1.807) is 26.0 Å². The summed E-state index contributed by atoms with van der Waals surface area (Å²) in [6, 6.07) is 0. The zero-order chi connectivity index (χ0) is 32.1. The van der Waals surface area contributed by atoms with Gasteiger partial charge in [0, 0.05) is 40.2 Å². The molecule has 8 heteroatoms. The minimum atomic E-state index is -1.55. The Hall–Kier alpha value is -2.84. The maximum atomic E-state index is 14.5. The molecule has 0 bridgehead atoms. The normalized spacial score (nSPS) is 42.3. The van der Waals surface area contributed by atoms with Crippen LogP contribution in [0.4, 0.5) is 0 Å². The molecule has 5 aliphatic rings. The van der Waals surface area contributed by atoms with Gasteiger partial charge in [-0.3, -0.25) is 14.4 Å². The summed E-state index contributed by atoms with van der Waals surface area (Å²) in [4.78, 5) is 54.5. The molecule has 0 unspecified atom stereocenters. The number of carbonyl (C=O) groups excluding carboxylic acids is 4. The molecule has 0 aromatic heterocycles. The van der Waals surface area contributed by atoms with E-state index >= 15 is 0 Å². The maximum Gasteiger partial charge on any atom is 0.333 e. The number of hydrogen-bond donors (Lipinski definition) is 2. The van der Waals surface area contributed by atoms with Gasteiger partial charge >= 0.3 is 5.97 Å². The van der Waals surface area contributed by atoms with Gasteiger partial charge in [0.2, 0.25) is 0 Å². The third kappa shape index (κ3) is 4.30. The molecule has 0 aromatic carbocycles. The Kier molecular flexibility index (Phi) is 7.22. The third-order valence-electron chi connectivity index (χ3n) is 11.9. The largest absolute Gasteiger partial charge is 0.491 e. The van der Waals surface area contributed by atoms with Crippen LogP contribution in [0.1, 0.15) is 81.6 Å². The highest BCUT2D eigenvalue weighted by atomic mass is 16.5. The summed E-state index contributed by atoms with van der Waals surface area (Å²) >= 11 is 0. The van der Waals surface area contributed by atoms with Crippen LogP contribution >= 0.6 is 0 Å². The smallest absolute Gasteiger partial charge is 0.333 e. The number of allylic oxidation sites excluding steroid dienone is 5. The van der Waals surface area contributed by atoms with Crippen molar-refractivity contribution in [2.45, 2.75) is 105 Å². The summed E-state index contributed by atoms with van der Waals surface area (Å²) in [6.45, 7) is 16.3. The van der Waals surface area contributed by atoms with Crippen molar-refractivity contribution in [2.24, 2.45) is 39.4 Å². The monoisotopic (exact) mass is 594 g/mol. The van der Waals surface area contributed by atoms with E-state index in [0.717, 1.165) is 5.57 Å². The molecule has 1 heterocycles. The predicted octanol–water partition coefficient (Wildman–Crippen LogP) is 4.59. The standard InChI is InChI=1S/C35H46O8/c1-10-18(2)30(40)43-21-16-34(8)20(19-17-42-29(32(5,6)41)27(39)26(19)38)11-12-22(34)35(9)25(37)15-23-31(3,4)24(36)13-14-33(23,7)28(21)35/h10,12-14,17,20-21,23,27-29,39,41H,11,15-16H2,1-9H3/t20-,21+,23-,27+,28+,29+,33-,34-,35+/m0/s1. The highest BCUT2D eigenvalue weighted by Gasteiger charge is 2.71. The summed E-state index contributed by atoms with van der Waals surface area (Å²) < 4.78 is 12.1. The van der Waals surface area contributed by atoms with Crippen LogP contribution in [-0.4, -0.2) is 57.4 Å². The molecule has 4 aliphatic carbocycles. The van der Waals surface area contributed by atoms with E-state index in [0.29, 0.717) is 24.0 Å². The number of aliphatic hydroxyl groups excluding tert-OH is 1. The fraction of sp³-hybridized carbons (Fsp3) is 0.657. The van der Waals surface area contributed by atoms with Gasteiger partial charge in [-0.15, -0.1) is 0 Å². The van der Waals surface area contributed by atoms with Gasteiger partial charge in [0.15, 0.2) is 23.8 Å². The first kappa shape index (κ1) is 31.6. The van der Waals surface area contributed by atoms with Gasteiger partial charge in [0.05, 0.1) is 17.3 Å². The Labute approximate surface area is 254 Å². The zero-order valence-corrected chi connectivity index (χ0v) is 26.8. The molecule has 2 saturated carbocycles. The Morgan fingerprint density at radius 1 is 1.14 bits per heavy atom. The summed E-state index contributed by atoms with van der Waals surface area (Å²) in [7, 11) is 0. The van der Waals surface area contributed by atoms with Gasteiger partial charge < -0.3 is 19.7 Å². The van der Waals surface area contributed by atoms with E-state index in [1.807, 2.05) is 33.8 Å². The fourth-order valence-electron chi connectivity index (χ4n) is 9.45. The van der Waals surface area contributed by atoms with Gasteiger partial charge in [-0.1, -0.05) is 51.5 Å². The molecule has 0 saturated heterocycles. The minimum absolute atomic E-state index is 0.000101. The van der Waals surface area contributed by atoms with Gasteiger partial charge in [-0.05, 0) is 64.9 Å². The highest BCUT2D eigenvalue weighted by molar-refractivity contribution is 6.01. The van der Waals surface area contributed by atoms with Gasteiger partial charge in [-0.2, -0.15) is 0 Å². The predicted molar refractivity (Wildman–Crippen MR) is 159 cm³/mol. The van der Waals surface area contributed by atoms with Crippen molar-refractivity contribution in [3.8, 4) is 0 Å². The van der Waals surface area contributed by atoms with E-state index in [1.165, 1.54) is 20.1 Å². The zero-order valence-electron chi connectivity index (χ0n) is 26.8. The quantitative estimate of drug-likeness (QED) is 0.275. The molecule has 0 spiro atoms. The van der Waals surface area contributed by atoms with Crippen molar-refractivity contribution < 1.29 is 38.9 Å². The van der Waals surface area contributed by atoms with Crippen molar-refractivity contribution in [1.29, 1.82) is 0 Å². The lowest BCUT2D eigenvalue weighted by molar-refractivity contribution is -0.186. The molecule has 2 fully saturated rings. The third-order valence-corrected chi connectivity index (χ3v) is 11.9. The van der Waals surface area contributed by atoms with E-state index in [2.05, 4.69) is 13.0 Å². The first-order valence-corrected chi connectivity index (χ1v) is 15.4. The Balaban J connectivity index is 1.65. The summed E-state index contributed by atoms with van der Waals surface area (Å²) in [5.74, 6) is -2.15. The van der Waals surface area contributed by atoms with Crippen LogP contribution in [0.25, 0.3) is 0 Å². The Morgan fingerprint density at radius 2 is 1.79 bits per heavy atom. The van der Waals surface area contributed by atoms with Crippen LogP contribution in [0.15, 0.2) is 47.3 Å². The molecule has 5 rings (SSSR count). The average Bonchev–Trinajstić information content (AvgIpc) is 3.26. The van der Waals surface area contributed by atoms with Crippen molar-refractivity contribution in [3.63, 3.8) is 0 Å². The van der Waals surface area contributed by atoms with Crippen LogP contribution in [0.2, 0.25) is 0 Å². The molecule has 9 atom stereocenters. The number of aliphatic hydroxyl groups is 2. The van der Waals surface area contributed by atoms with Crippen LogP contribution < -0.4 is 0 Å². The van der Waals surface area contributed by atoms with Crippen molar-refractivity contribution in [1.82, 2.24) is 0 Å². The summed E-state index contributed by atoms with van der Waals surface area (Å²) in [5, 5.41) is 21.4. The topological polar surface area (TPSA) is 127 Å². The van der Waals surface area contributed by atoms with Crippen LogP contribution in [0.3, 0.4) is 0 Å². The second-order valence-electron chi connectivity index (χ2n) is 15.2. The molecule has 1 aliphatic heterocycles. The minimum Gasteiger partial charge on any atom is -0.491 e. The van der Waals surface area contributed by atoms with Crippen molar-refractivity contribution in [2.75, 3.05) is 0 Å². The number of fused-ring (bicyclic) bond motifs is 5. The second-order valence-corrected chi connectivity index (χ2v) is 15.2. The number of Topliss-reactive ketones (excluding diaryl/α,β-unsaturated/α-hetero) is 2.